The van der Waals surface area contributed by atoms with Crippen LogP contribution in [0.5, 0.6) is 0 Å². The number of hydrogen-bond acceptors (Lipinski definition) is 7. The number of benzene rings is 2. The Balaban J connectivity index is 1.54. The third-order valence-electron chi connectivity index (χ3n) is 6.19. The van der Waals surface area contributed by atoms with E-state index in [1.807, 2.05) is 70.3 Å². The molecule has 0 aliphatic carbocycles. The van der Waals surface area contributed by atoms with Gasteiger partial charge < -0.3 is 24.0 Å². The van der Waals surface area contributed by atoms with E-state index < -0.39 is 5.97 Å². The Kier molecular flexibility index (Phi) is 8.01. The molecule has 3 aromatic rings. The standard InChI is InChI=1S/C28H26BrN3O5S/c1-2-37-28(35)25-26(34)23(38-27(25)30-20-6-4-3-5-7-20)14-18-16-32(22-9-8-19(29)15-21(18)22)17-24(33)31-10-12-36-13-11-31/h3-9,14-16,34H,2,10-13,17H2,1H3. The van der Waals surface area contributed by atoms with Gasteiger partial charge in [-0.2, -0.15) is 0 Å². The number of halogens is 1. The number of ether oxygens (including phenoxy) is 2. The highest BCUT2D eigenvalue weighted by Gasteiger charge is 2.33. The Hall–Kier alpha value is -3.34. The van der Waals surface area contributed by atoms with Gasteiger partial charge in [0.15, 0.2) is 0 Å². The maximum absolute atomic E-state index is 13.0. The molecule has 0 unspecified atom stereocenters. The van der Waals surface area contributed by atoms with Gasteiger partial charge in [0.2, 0.25) is 5.91 Å². The van der Waals surface area contributed by atoms with Gasteiger partial charge in [-0.1, -0.05) is 45.9 Å². The monoisotopic (exact) mass is 595 g/mol. The van der Waals surface area contributed by atoms with E-state index in [1.54, 1.807) is 6.92 Å². The molecule has 1 amide bonds. The topological polar surface area (TPSA) is 93.4 Å². The second-order valence-electron chi connectivity index (χ2n) is 8.67. The van der Waals surface area contributed by atoms with Gasteiger partial charge in [0.05, 0.1) is 30.4 Å². The number of aliphatic imine (C=N–C) groups is 1. The summed E-state index contributed by atoms with van der Waals surface area (Å²) in [6, 6.07) is 15.1. The third-order valence-corrected chi connectivity index (χ3v) is 7.70. The first-order valence-corrected chi connectivity index (χ1v) is 13.8. The molecule has 0 radical (unpaired) electrons. The van der Waals surface area contributed by atoms with Crippen LogP contribution in [-0.4, -0.2) is 64.4 Å². The normalized spacial score (nSPS) is 18.1. The zero-order chi connectivity index (χ0) is 26.6. The van der Waals surface area contributed by atoms with Crippen LogP contribution in [0, 0.1) is 0 Å². The number of carbonyl (C=O) groups excluding carboxylic acids is 2. The molecule has 3 heterocycles. The van der Waals surface area contributed by atoms with E-state index in [1.165, 1.54) is 11.8 Å². The van der Waals surface area contributed by atoms with E-state index in [9.17, 15) is 14.7 Å². The SMILES string of the molecule is CCOC(=O)C1=C(O)C(=Cc2cn(CC(=O)N3CCOCC3)c3ccc(Br)cc23)SC1=Nc1ccccc1. The average Bonchev–Trinajstić information content (AvgIpc) is 3.41. The van der Waals surface area contributed by atoms with Crippen LogP contribution in [0.25, 0.3) is 17.0 Å². The molecule has 38 heavy (non-hydrogen) atoms. The summed E-state index contributed by atoms with van der Waals surface area (Å²) < 4.78 is 13.4. The van der Waals surface area contributed by atoms with Crippen molar-refractivity contribution in [1.29, 1.82) is 0 Å². The van der Waals surface area contributed by atoms with Gasteiger partial charge in [0.25, 0.3) is 0 Å². The van der Waals surface area contributed by atoms with Crippen molar-refractivity contribution in [1.82, 2.24) is 9.47 Å². The number of rotatable bonds is 6. The lowest BCUT2D eigenvalue weighted by Gasteiger charge is -2.27. The van der Waals surface area contributed by atoms with E-state index in [4.69, 9.17) is 9.47 Å². The van der Waals surface area contributed by atoms with Crippen molar-refractivity contribution < 1.29 is 24.2 Å². The average molecular weight is 597 g/mol. The van der Waals surface area contributed by atoms with Crippen molar-refractivity contribution in [3.05, 3.63) is 81.0 Å². The fourth-order valence-corrected chi connectivity index (χ4v) is 5.74. The fraction of sp³-hybridized carbons (Fsp3) is 0.250. The minimum atomic E-state index is -0.628. The summed E-state index contributed by atoms with van der Waals surface area (Å²) in [6.07, 6.45) is 3.71. The molecule has 5 rings (SSSR count). The number of aliphatic hydroxyl groups excluding tert-OH is 1. The fourth-order valence-electron chi connectivity index (χ4n) is 4.35. The first-order chi connectivity index (χ1) is 18.4. The van der Waals surface area contributed by atoms with Gasteiger partial charge in [-0.15, -0.1) is 0 Å². The van der Waals surface area contributed by atoms with Crippen LogP contribution in [0.4, 0.5) is 5.69 Å². The summed E-state index contributed by atoms with van der Waals surface area (Å²) >= 11 is 4.75. The number of morpholine rings is 1. The molecule has 2 aliphatic heterocycles. The number of esters is 1. The summed E-state index contributed by atoms with van der Waals surface area (Å²) in [7, 11) is 0. The largest absolute Gasteiger partial charge is 0.506 e. The summed E-state index contributed by atoms with van der Waals surface area (Å²) in [5.41, 5.74) is 2.39. The third kappa shape index (κ3) is 5.57. The number of aliphatic hydroxyl groups is 1. The van der Waals surface area contributed by atoms with Gasteiger partial charge in [-0.05, 0) is 43.3 Å². The lowest BCUT2D eigenvalue weighted by atomic mass is 10.1. The summed E-state index contributed by atoms with van der Waals surface area (Å²) in [5.74, 6) is -0.785. The molecule has 0 atom stereocenters. The molecule has 1 fully saturated rings. The molecule has 1 N–H and O–H groups in total. The molecular weight excluding hydrogens is 570 g/mol. The number of para-hydroxylation sites is 1. The predicted octanol–water partition coefficient (Wildman–Crippen LogP) is 5.46. The first kappa shape index (κ1) is 26.3. The highest BCUT2D eigenvalue weighted by molar-refractivity contribution is 9.10. The number of aromatic nitrogens is 1. The van der Waals surface area contributed by atoms with Crippen LogP contribution < -0.4 is 0 Å². The summed E-state index contributed by atoms with van der Waals surface area (Å²) in [6.45, 7) is 4.32. The van der Waals surface area contributed by atoms with Gasteiger partial charge in [0, 0.05) is 40.2 Å². The molecule has 2 aromatic carbocycles. The Morgan fingerprint density at radius 2 is 1.95 bits per heavy atom. The second-order valence-corrected chi connectivity index (χ2v) is 10.6. The second kappa shape index (κ2) is 11.6. The summed E-state index contributed by atoms with van der Waals surface area (Å²) in [5, 5.41) is 12.4. The molecule has 10 heteroatoms. The number of hydrogen-bond donors (Lipinski definition) is 1. The molecule has 0 spiro atoms. The van der Waals surface area contributed by atoms with Crippen LogP contribution in [0.1, 0.15) is 12.5 Å². The predicted molar refractivity (Wildman–Crippen MR) is 152 cm³/mol. The Bertz CT molecular complexity index is 1470. The van der Waals surface area contributed by atoms with Gasteiger partial charge in [0.1, 0.15) is 22.9 Å². The molecule has 8 nitrogen and oxygen atoms in total. The quantitative estimate of drug-likeness (QED) is 0.381. The molecule has 0 bridgehead atoms. The number of amides is 1. The Morgan fingerprint density at radius 1 is 1.18 bits per heavy atom. The zero-order valence-corrected chi connectivity index (χ0v) is 23.1. The van der Waals surface area contributed by atoms with Gasteiger partial charge in [-0.25, -0.2) is 9.79 Å². The van der Waals surface area contributed by atoms with Gasteiger partial charge in [-0.3, -0.25) is 4.79 Å². The number of carbonyl (C=O) groups is 2. The lowest BCUT2D eigenvalue weighted by molar-refractivity contribution is -0.138. The van der Waals surface area contributed by atoms with Crippen molar-refractivity contribution in [2.75, 3.05) is 32.9 Å². The Labute approximate surface area is 232 Å². The van der Waals surface area contributed by atoms with Crippen LogP contribution in [0.3, 0.4) is 0 Å². The van der Waals surface area contributed by atoms with E-state index in [-0.39, 0.29) is 30.4 Å². The molecule has 196 valence electrons. The first-order valence-electron chi connectivity index (χ1n) is 12.2. The highest BCUT2D eigenvalue weighted by atomic mass is 79.9. The van der Waals surface area contributed by atoms with Crippen LogP contribution in [-0.2, 0) is 25.6 Å². The molecule has 2 aliphatic rings. The van der Waals surface area contributed by atoms with Crippen molar-refractivity contribution >= 4 is 67.3 Å². The Morgan fingerprint density at radius 3 is 2.68 bits per heavy atom. The van der Waals surface area contributed by atoms with Crippen molar-refractivity contribution in [2.24, 2.45) is 4.99 Å². The van der Waals surface area contributed by atoms with Crippen molar-refractivity contribution in [3.63, 3.8) is 0 Å². The minimum Gasteiger partial charge on any atom is -0.506 e. The smallest absolute Gasteiger partial charge is 0.344 e. The lowest BCUT2D eigenvalue weighted by Crippen LogP contribution is -2.42. The summed E-state index contributed by atoms with van der Waals surface area (Å²) in [4.78, 5) is 32.6. The molecule has 0 saturated carbocycles. The maximum atomic E-state index is 13.0. The molecular formula is C28H26BrN3O5S. The molecule has 1 saturated heterocycles. The highest BCUT2D eigenvalue weighted by Crippen LogP contribution is 2.41. The van der Waals surface area contributed by atoms with E-state index >= 15 is 0 Å². The molecule has 1 aromatic heterocycles. The maximum Gasteiger partial charge on any atom is 0.344 e. The van der Waals surface area contributed by atoms with Crippen LogP contribution in [0.15, 0.2) is 80.4 Å². The number of thioether (sulfide) groups is 1. The zero-order valence-electron chi connectivity index (χ0n) is 20.7. The van der Waals surface area contributed by atoms with Crippen LogP contribution in [0.2, 0.25) is 0 Å². The number of fused-ring (bicyclic) bond motifs is 1. The van der Waals surface area contributed by atoms with Crippen LogP contribution >= 0.6 is 27.7 Å². The van der Waals surface area contributed by atoms with E-state index in [0.717, 1.165) is 20.9 Å². The van der Waals surface area contributed by atoms with Gasteiger partial charge >= 0.3 is 5.97 Å². The van der Waals surface area contributed by atoms with Crippen molar-refractivity contribution in [2.45, 2.75) is 13.5 Å². The van der Waals surface area contributed by atoms with E-state index in [2.05, 4.69) is 20.9 Å². The van der Waals surface area contributed by atoms with Crippen molar-refractivity contribution in [3.8, 4) is 0 Å². The number of nitrogens with zero attached hydrogens (tertiary/aromatic N) is 3. The minimum absolute atomic E-state index is 0.0205. The van der Waals surface area contributed by atoms with E-state index in [0.29, 0.717) is 41.9 Å².